The van der Waals surface area contributed by atoms with Gasteiger partial charge in [0.25, 0.3) is 5.91 Å². The molecule has 8 heteroatoms. The highest BCUT2D eigenvalue weighted by molar-refractivity contribution is 5.90. The summed E-state index contributed by atoms with van der Waals surface area (Å²) in [6.07, 6.45) is 8.80. The van der Waals surface area contributed by atoms with Gasteiger partial charge in [-0.2, -0.15) is 0 Å². The van der Waals surface area contributed by atoms with E-state index in [4.69, 9.17) is 5.21 Å². The van der Waals surface area contributed by atoms with Gasteiger partial charge in [-0.25, -0.2) is 14.9 Å². The first kappa shape index (κ1) is 19.9. The van der Waals surface area contributed by atoms with Crippen LogP contribution in [0.1, 0.15) is 24.1 Å². The maximum absolute atomic E-state index is 13.3. The molecule has 7 nitrogen and oxygen atoms in total. The fraction of sp³-hybridized carbons (Fsp3) is 0.350. The molecule has 28 heavy (non-hydrogen) atoms. The van der Waals surface area contributed by atoms with Crippen molar-refractivity contribution in [1.82, 2.24) is 20.3 Å². The van der Waals surface area contributed by atoms with Gasteiger partial charge in [0.05, 0.1) is 18.1 Å². The number of aromatic nitrogens is 2. The minimum Gasteiger partial charge on any atom is -0.365 e. The molecule has 1 atom stereocenters. The monoisotopic (exact) mass is 385 g/mol. The minimum atomic E-state index is -0.621. The van der Waals surface area contributed by atoms with Gasteiger partial charge in [0.2, 0.25) is 0 Å². The van der Waals surface area contributed by atoms with Crippen LogP contribution in [0.25, 0.3) is 6.08 Å². The molecule has 0 spiro atoms. The molecule has 1 amide bonds. The van der Waals surface area contributed by atoms with Crippen molar-refractivity contribution in [2.75, 3.05) is 25.0 Å². The molecule has 0 saturated carbocycles. The Balaban J connectivity index is 1.49. The Kier molecular flexibility index (Phi) is 7.05. The van der Waals surface area contributed by atoms with Gasteiger partial charge in [0.15, 0.2) is 0 Å². The zero-order valence-corrected chi connectivity index (χ0v) is 15.5. The highest BCUT2D eigenvalue weighted by Gasteiger charge is 2.20. The Morgan fingerprint density at radius 1 is 1.36 bits per heavy atom. The second kappa shape index (κ2) is 9.91. The van der Waals surface area contributed by atoms with Gasteiger partial charge < -0.3 is 10.2 Å². The van der Waals surface area contributed by atoms with E-state index in [0.717, 1.165) is 44.5 Å². The summed E-state index contributed by atoms with van der Waals surface area (Å²) in [7, 11) is 0. The van der Waals surface area contributed by atoms with Gasteiger partial charge in [0.1, 0.15) is 11.6 Å². The summed E-state index contributed by atoms with van der Waals surface area (Å²) in [5, 5.41) is 11.9. The molecule has 2 aromatic rings. The molecular formula is C20H24FN5O2. The smallest absolute Gasteiger partial charge is 0.267 e. The largest absolute Gasteiger partial charge is 0.365 e. The van der Waals surface area contributed by atoms with E-state index in [-0.39, 0.29) is 11.9 Å². The van der Waals surface area contributed by atoms with Gasteiger partial charge in [-0.1, -0.05) is 12.1 Å². The third kappa shape index (κ3) is 6.11. The van der Waals surface area contributed by atoms with E-state index < -0.39 is 5.91 Å². The predicted octanol–water partition coefficient (Wildman–Crippen LogP) is 2.25. The van der Waals surface area contributed by atoms with Crippen LogP contribution < -0.4 is 10.8 Å². The number of nitrogens with one attached hydrogen (secondary N) is 2. The first-order valence-corrected chi connectivity index (χ1v) is 9.30. The Hall–Kier alpha value is -2.84. The van der Waals surface area contributed by atoms with Crippen molar-refractivity contribution >= 4 is 17.8 Å². The highest BCUT2D eigenvalue weighted by atomic mass is 19.1. The van der Waals surface area contributed by atoms with Crippen LogP contribution in [0.2, 0.25) is 0 Å². The van der Waals surface area contributed by atoms with Crippen LogP contribution in [-0.2, 0) is 11.2 Å². The molecule has 3 N–H and O–H groups in total. The lowest BCUT2D eigenvalue weighted by Gasteiger charge is -2.33. The zero-order valence-electron chi connectivity index (χ0n) is 15.5. The molecule has 148 valence electrons. The molecule has 1 aliphatic heterocycles. The van der Waals surface area contributed by atoms with Crippen molar-refractivity contribution in [2.24, 2.45) is 0 Å². The lowest BCUT2D eigenvalue weighted by Crippen LogP contribution is -2.43. The van der Waals surface area contributed by atoms with Crippen molar-refractivity contribution < 1.29 is 14.4 Å². The number of halogens is 1. The first-order valence-electron chi connectivity index (χ1n) is 9.30. The molecule has 0 bridgehead atoms. The summed E-state index contributed by atoms with van der Waals surface area (Å²) in [4.78, 5) is 21.9. The molecule has 1 aromatic heterocycles. The average molecular weight is 385 g/mol. The van der Waals surface area contributed by atoms with E-state index >= 15 is 0 Å². The number of hydrogen-bond acceptors (Lipinski definition) is 6. The van der Waals surface area contributed by atoms with Crippen molar-refractivity contribution in [2.45, 2.75) is 25.3 Å². The summed E-state index contributed by atoms with van der Waals surface area (Å²) in [6.45, 7) is 2.83. The van der Waals surface area contributed by atoms with Crippen LogP contribution in [0.5, 0.6) is 0 Å². The number of rotatable bonds is 7. The van der Waals surface area contributed by atoms with Crippen LogP contribution >= 0.6 is 0 Å². The third-order valence-corrected chi connectivity index (χ3v) is 4.65. The Morgan fingerprint density at radius 2 is 2.25 bits per heavy atom. The highest BCUT2D eigenvalue weighted by Crippen LogP contribution is 2.15. The SMILES string of the molecule is O=C(/C=C/c1cnc(N[C@@H]2CCCN(CCc3cccc(F)c3)C2)cn1)NO. The summed E-state index contributed by atoms with van der Waals surface area (Å²) >= 11 is 0. The van der Waals surface area contributed by atoms with E-state index in [1.165, 1.54) is 23.7 Å². The Labute approximate surface area is 163 Å². The maximum Gasteiger partial charge on any atom is 0.267 e. The third-order valence-electron chi connectivity index (χ3n) is 4.65. The van der Waals surface area contributed by atoms with Crippen molar-refractivity contribution in [3.8, 4) is 0 Å². The summed E-state index contributed by atoms with van der Waals surface area (Å²) in [6, 6.07) is 7.04. The van der Waals surface area contributed by atoms with Gasteiger partial charge in [-0.15, -0.1) is 0 Å². The van der Waals surface area contributed by atoms with E-state index in [9.17, 15) is 9.18 Å². The average Bonchev–Trinajstić information content (AvgIpc) is 2.72. The van der Waals surface area contributed by atoms with Crippen molar-refractivity contribution in [1.29, 1.82) is 0 Å². The number of hydrogen-bond donors (Lipinski definition) is 3. The molecule has 1 fully saturated rings. The fourth-order valence-electron chi connectivity index (χ4n) is 3.26. The Bertz CT molecular complexity index is 812. The van der Waals surface area contributed by atoms with E-state index in [2.05, 4.69) is 20.2 Å². The van der Waals surface area contributed by atoms with E-state index in [0.29, 0.717) is 11.5 Å². The summed E-state index contributed by atoms with van der Waals surface area (Å²) < 4.78 is 13.3. The van der Waals surface area contributed by atoms with Crippen LogP contribution in [0.15, 0.2) is 42.7 Å². The lowest BCUT2D eigenvalue weighted by atomic mass is 10.0. The minimum absolute atomic E-state index is 0.190. The van der Waals surface area contributed by atoms with E-state index in [1.54, 1.807) is 24.5 Å². The number of hydroxylamine groups is 1. The lowest BCUT2D eigenvalue weighted by molar-refractivity contribution is -0.124. The molecule has 0 aliphatic carbocycles. The van der Waals surface area contributed by atoms with Crippen molar-refractivity contribution in [3.05, 3.63) is 59.8 Å². The summed E-state index contributed by atoms with van der Waals surface area (Å²) in [5.41, 5.74) is 3.05. The summed E-state index contributed by atoms with van der Waals surface area (Å²) in [5.74, 6) is -0.130. The van der Waals surface area contributed by atoms with Gasteiger partial charge in [0, 0.05) is 25.2 Å². The Morgan fingerprint density at radius 3 is 3.00 bits per heavy atom. The molecule has 0 radical (unpaired) electrons. The number of amides is 1. The molecule has 0 unspecified atom stereocenters. The van der Waals surface area contributed by atoms with Crippen LogP contribution in [-0.4, -0.2) is 51.7 Å². The predicted molar refractivity (Wildman–Crippen MR) is 104 cm³/mol. The van der Waals surface area contributed by atoms with Gasteiger partial charge in [-0.05, 0) is 49.6 Å². The second-order valence-corrected chi connectivity index (χ2v) is 6.80. The number of nitrogens with zero attached hydrogens (tertiary/aromatic N) is 3. The van der Waals surface area contributed by atoms with Crippen LogP contribution in [0.3, 0.4) is 0 Å². The molecular weight excluding hydrogens is 361 g/mol. The topological polar surface area (TPSA) is 90.4 Å². The second-order valence-electron chi connectivity index (χ2n) is 6.80. The fourth-order valence-corrected chi connectivity index (χ4v) is 3.26. The number of carbonyl (C=O) groups excluding carboxylic acids is 1. The molecule has 1 aliphatic rings. The number of piperidine rings is 1. The van der Waals surface area contributed by atoms with E-state index in [1.807, 2.05) is 6.07 Å². The molecule has 2 heterocycles. The zero-order chi connectivity index (χ0) is 19.8. The number of anilines is 1. The van der Waals surface area contributed by atoms with Gasteiger partial charge in [-0.3, -0.25) is 15.0 Å². The molecule has 1 saturated heterocycles. The van der Waals surface area contributed by atoms with Crippen LogP contribution in [0, 0.1) is 5.82 Å². The van der Waals surface area contributed by atoms with Crippen LogP contribution in [0.4, 0.5) is 10.2 Å². The number of carbonyl (C=O) groups is 1. The molecule has 1 aromatic carbocycles. The standard InChI is InChI=1S/C20H24FN5O2/c21-16-4-1-3-15(11-16)8-10-26-9-2-5-18(14-26)24-19-13-22-17(12-23-19)6-7-20(27)25-28/h1,3-4,6-7,11-13,18,28H,2,5,8-10,14H2,(H,23,24)(H,25,27)/b7-6+/t18-/m1/s1. The first-order chi connectivity index (χ1) is 13.6. The van der Waals surface area contributed by atoms with Crippen molar-refractivity contribution in [3.63, 3.8) is 0 Å². The quantitative estimate of drug-likeness (QED) is 0.385. The number of benzene rings is 1. The molecule has 3 rings (SSSR count). The number of likely N-dealkylation sites (tertiary alicyclic amines) is 1. The maximum atomic E-state index is 13.3. The van der Waals surface area contributed by atoms with Gasteiger partial charge >= 0.3 is 0 Å². The normalized spacial score (nSPS) is 17.6.